The fourth-order valence-corrected chi connectivity index (χ4v) is 5.26. The first-order chi connectivity index (χ1) is 15.7. The fourth-order valence-electron chi connectivity index (χ4n) is 5.26. The van der Waals surface area contributed by atoms with Crippen LogP contribution in [0.1, 0.15) is 34.5 Å². The molecule has 162 valence electrons. The van der Waals surface area contributed by atoms with Crippen molar-refractivity contribution in [3.8, 4) is 0 Å². The van der Waals surface area contributed by atoms with Gasteiger partial charge in [-0.3, -0.25) is 4.79 Å². The number of nitrogens with one attached hydrogen (secondary N) is 3. The van der Waals surface area contributed by atoms with E-state index >= 15 is 0 Å². The van der Waals surface area contributed by atoms with E-state index in [1.807, 2.05) is 30.5 Å². The molecule has 0 bridgehead atoms. The molecule has 0 amide bonds. The minimum atomic E-state index is -0.0392. The highest BCUT2D eigenvalue weighted by Gasteiger charge is 2.36. The lowest BCUT2D eigenvalue weighted by atomic mass is 9.96. The molecule has 4 heteroatoms. The highest BCUT2D eigenvalue weighted by molar-refractivity contribution is 6.09. The Kier molecular flexibility index (Phi) is 5.89. The van der Waals surface area contributed by atoms with Crippen LogP contribution in [0.5, 0.6) is 0 Å². The van der Waals surface area contributed by atoms with Gasteiger partial charge in [-0.1, -0.05) is 78.9 Å². The minimum Gasteiger partial charge on any atom is -0.360 e. The topological polar surface area (TPSA) is 41.7 Å². The van der Waals surface area contributed by atoms with Gasteiger partial charge in [0.25, 0.3) is 0 Å². The second-order valence-electron chi connectivity index (χ2n) is 8.90. The van der Waals surface area contributed by atoms with Gasteiger partial charge in [0.15, 0.2) is 0 Å². The first kappa shape index (κ1) is 20.7. The number of aromatic nitrogens is 1. The van der Waals surface area contributed by atoms with E-state index in [4.69, 9.17) is 0 Å². The van der Waals surface area contributed by atoms with Crippen molar-refractivity contribution < 1.29 is 14.6 Å². The molecule has 1 aliphatic heterocycles. The molecule has 1 aromatic heterocycles. The molecule has 4 nitrogen and oxygen atoms in total. The minimum absolute atomic E-state index is 0.0392. The second kappa shape index (κ2) is 9.11. The summed E-state index contributed by atoms with van der Waals surface area (Å²) in [4.78, 5) is 19.6. The van der Waals surface area contributed by atoms with Crippen LogP contribution >= 0.6 is 0 Å². The van der Waals surface area contributed by atoms with Crippen LogP contribution < -0.4 is 9.80 Å². The lowest BCUT2D eigenvalue weighted by molar-refractivity contribution is -1.03. The van der Waals surface area contributed by atoms with Crippen molar-refractivity contribution in [2.24, 2.45) is 0 Å². The van der Waals surface area contributed by atoms with E-state index in [1.54, 1.807) is 4.90 Å². The van der Waals surface area contributed by atoms with Crippen molar-refractivity contribution in [3.63, 3.8) is 0 Å². The number of fused-ring (bicyclic) bond motifs is 1. The zero-order chi connectivity index (χ0) is 21.9. The second-order valence-corrected chi connectivity index (χ2v) is 8.90. The predicted molar refractivity (Wildman–Crippen MR) is 128 cm³/mol. The molecular weight excluding hydrogens is 394 g/mol. The maximum absolute atomic E-state index is 13.3. The normalized spacial score (nSPS) is 19.8. The van der Waals surface area contributed by atoms with Crippen molar-refractivity contribution in [1.82, 2.24) is 4.98 Å². The Hall–Kier alpha value is -3.21. The summed E-state index contributed by atoms with van der Waals surface area (Å²) in [6.07, 6.45) is 1.88. The molecule has 0 radical (unpaired) electrons. The number of rotatable bonds is 6. The molecule has 3 N–H and O–H groups in total. The summed E-state index contributed by atoms with van der Waals surface area (Å²) in [5.74, 6) is 0.239. The zero-order valence-electron chi connectivity index (χ0n) is 18.6. The third-order valence-corrected chi connectivity index (χ3v) is 7.07. The van der Waals surface area contributed by atoms with Crippen molar-refractivity contribution >= 4 is 16.7 Å². The summed E-state index contributed by atoms with van der Waals surface area (Å²) in [5.41, 5.74) is 4.57. The Morgan fingerprint density at radius 1 is 0.750 bits per heavy atom. The summed E-state index contributed by atoms with van der Waals surface area (Å²) in [6.45, 7) is 6.20. The number of carbonyl (C=O) groups excluding carboxylic acids is 1. The van der Waals surface area contributed by atoms with E-state index in [2.05, 4.69) is 72.6 Å². The molecule has 4 aromatic rings. The first-order valence-corrected chi connectivity index (χ1v) is 11.6. The number of Topliss-reactive ketones (excluding diaryl/α,β-unsaturated/α-hetero) is 1. The van der Waals surface area contributed by atoms with Crippen molar-refractivity contribution in [2.45, 2.75) is 19.0 Å². The molecule has 0 aliphatic carbocycles. The van der Waals surface area contributed by atoms with Gasteiger partial charge in [0.05, 0.1) is 0 Å². The van der Waals surface area contributed by atoms with Gasteiger partial charge >= 0.3 is 0 Å². The molecule has 32 heavy (non-hydrogen) atoms. The number of hydrogen-bond acceptors (Lipinski definition) is 1. The van der Waals surface area contributed by atoms with Crippen molar-refractivity contribution in [3.05, 3.63) is 108 Å². The molecule has 3 aromatic carbocycles. The van der Waals surface area contributed by atoms with Crippen molar-refractivity contribution in [1.29, 1.82) is 0 Å². The molecule has 1 atom stereocenters. The highest BCUT2D eigenvalue weighted by atomic mass is 16.1. The average molecular weight is 426 g/mol. The van der Waals surface area contributed by atoms with Crippen LogP contribution in [0.4, 0.5) is 0 Å². The van der Waals surface area contributed by atoms with Crippen LogP contribution in [-0.2, 0) is 0 Å². The molecule has 0 saturated carbocycles. The standard InChI is InChI=1S/C28H29N3O/c1-21(28(32)25-20-29-26-15-9-8-14-24(25)26)30-16-18-31(19-17-30)27(22-10-4-2-5-11-22)23-12-6-3-7-13-23/h2-15,20-21,27,29H,16-19H2,1H3/p+2/t21-/m1/s1. The Labute approximate surface area is 189 Å². The maximum Gasteiger partial charge on any atom is 0.221 e. The van der Waals surface area contributed by atoms with Crippen LogP contribution in [0.3, 0.4) is 0 Å². The van der Waals surface area contributed by atoms with Gasteiger partial charge in [0, 0.05) is 33.8 Å². The van der Waals surface area contributed by atoms with Crippen LogP contribution in [0.2, 0.25) is 0 Å². The van der Waals surface area contributed by atoms with E-state index in [9.17, 15) is 4.79 Å². The average Bonchev–Trinajstić information content (AvgIpc) is 3.29. The third-order valence-electron chi connectivity index (χ3n) is 7.07. The Morgan fingerprint density at radius 3 is 1.91 bits per heavy atom. The zero-order valence-corrected chi connectivity index (χ0v) is 18.6. The molecular formula is C28H31N3O+2. The summed E-state index contributed by atoms with van der Waals surface area (Å²) in [5, 5.41) is 1.03. The summed E-state index contributed by atoms with van der Waals surface area (Å²) < 4.78 is 0. The monoisotopic (exact) mass is 425 g/mol. The SMILES string of the molecule is C[C@H](C(=O)c1c[nH]c2ccccc12)[NH+]1CC[NH+](C(c2ccccc2)c2ccccc2)CC1. The number of ketones is 1. The number of H-pyrrole nitrogens is 1. The Morgan fingerprint density at radius 2 is 1.28 bits per heavy atom. The van der Waals surface area contributed by atoms with Gasteiger partial charge in [-0.05, 0) is 13.0 Å². The predicted octanol–water partition coefficient (Wildman–Crippen LogP) is 2.31. The molecule has 2 heterocycles. The highest BCUT2D eigenvalue weighted by Crippen LogP contribution is 2.20. The van der Waals surface area contributed by atoms with Crippen LogP contribution in [-0.4, -0.2) is 43.0 Å². The number of para-hydroxylation sites is 1. The molecule has 1 saturated heterocycles. The number of carbonyl (C=O) groups is 1. The van der Waals surface area contributed by atoms with Gasteiger partial charge < -0.3 is 14.8 Å². The lowest BCUT2D eigenvalue weighted by Crippen LogP contribution is -3.30. The van der Waals surface area contributed by atoms with Crippen molar-refractivity contribution in [2.75, 3.05) is 26.2 Å². The van der Waals surface area contributed by atoms with E-state index in [-0.39, 0.29) is 11.8 Å². The van der Waals surface area contributed by atoms with Crippen LogP contribution in [0.15, 0.2) is 91.1 Å². The molecule has 1 fully saturated rings. The first-order valence-electron chi connectivity index (χ1n) is 11.6. The number of aromatic amines is 1. The number of benzene rings is 3. The summed E-state index contributed by atoms with van der Waals surface area (Å²) >= 11 is 0. The number of hydrogen-bond donors (Lipinski definition) is 3. The van der Waals surface area contributed by atoms with Crippen LogP contribution in [0.25, 0.3) is 10.9 Å². The lowest BCUT2D eigenvalue weighted by Gasteiger charge is -2.36. The quantitative estimate of drug-likeness (QED) is 0.408. The van der Waals surface area contributed by atoms with Gasteiger partial charge in [0.2, 0.25) is 5.78 Å². The number of piperazine rings is 1. The summed E-state index contributed by atoms with van der Waals surface area (Å²) in [6, 6.07) is 30.0. The van der Waals surface area contributed by atoms with Gasteiger partial charge in [0.1, 0.15) is 38.3 Å². The largest absolute Gasteiger partial charge is 0.360 e. The van der Waals surface area contributed by atoms with Gasteiger partial charge in [-0.2, -0.15) is 0 Å². The molecule has 0 spiro atoms. The maximum atomic E-state index is 13.3. The smallest absolute Gasteiger partial charge is 0.221 e. The fraction of sp³-hybridized carbons (Fsp3) is 0.250. The number of quaternary nitrogens is 2. The van der Waals surface area contributed by atoms with E-state index in [1.165, 1.54) is 16.0 Å². The Bertz CT molecular complexity index is 1140. The molecule has 5 rings (SSSR count). The van der Waals surface area contributed by atoms with E-state index < -0.39 is 0 Å². The molecule has 1 aliphatic rings. The van der Waals surface area contributed by atoms with E-state index in [0.29, 0.717) is 6.04 Å². The summed E-state index contributed by atoms with van der Waals surface area (Å²) in [7, 11) is 0. The third kappa shape index (κ3) is 3.99. The van der Waals surface area contributed by atoms with E-state index in [0.717, 1.165) is 42.6 Å². The molecule has 0 unspecified atom stereocenters. The Balaban J connectivity index is 1.32. The van der Waals surface area contributed by atoms with Gasteiger partial charge in [-0.25, -0.2) is 0 Å². The van der Waals surface area contributed by atoms with Gasteiger partial charge in [-0.15, -0.1) is 0 Å². The van der Waals surface area contributed by atoms with Crippen LogP contribution in [0, 0.1) is 0 Å².